The van der Waals surface area contributed by atoms with E-state index in [1.807, 2.05) is 49.2 Å². The second kappa shape index (κ2) is 8.88. The average Bonchev–Trinajstić information content (AvgIpc) is 3.13. The summed E-state index contributed by atoms with van der Waals surface area (Å²) in [5.74, 6) is -0.303. The predicted octanol–water partition coefficient (Wildman–Crippen LogP) is 4.17. The Kier molecular flexibility index (Phi) is 6.04. The average molecular weight is 410 g/mol. The van der Waals surface area contributed by atoms with Crippen molar-refractivity contribution in [3.8, 4) is 0 Å². The fourth-order valence-corrected chi connectivity index (χ4v) is 4.17. The number of nitrogens with one attached hydrogen (secondary N) is 2. The first-order chi connectivity index (χ1) is 14.5. The summed E-state index contributed by atoms with van der Waals surface area (Å²) in [4.78, 5) is 17.5. The van der Waals surface area contributed by atoms with Gasteiger partial charge in [0, 0.05) is 43.2 Å². The van der Waals surface area contributed by atoms with Crippen molar-refractivity contribution in [1.29, 1.82) is 0 Å². The molecule has 5 nitrogen and oxygen atoms in total. The molecule has 158 valence electrons. The number of nitrogens with zero attached hydrogens (tertiary/aromatic N) is 1. The van der Waals surface area contributed by atoms with Crippen LogP contribution in [0.2, 0.25) is 0 Å². The van der Waals surface area contributed by atoms with Crippen molar-refractivity contribution in [2.45, 2.75) is 45.4 Å². The number of aromatic nitrogens is 1. The number of ether oxygens (including phenoxy) is 1. The van der Waals surface area contributed by atoms with E-state index in [0.717, 1.165) is 22.0 Å². The van der Waals surface area contributed by atoms with Crippen molar-refractivity contribution in [1.82, 2.24) is 10.3 Å². The van der Waals surface area contributed by atoms with Crippen LogP contribution in [-0.2, 0) is 22.5 Å². The Morgan fingerprint density at radius 1 is 1.20 bits per heavy atom. The van der Waals surface area contributed by atoms with Crippen LogP contribution >= 0.6 is 0 Å². The molecule has 30 heavy (non-hydrogen) atoms. The van der Waals surface area contributed by atoms with Gasteiger partial charge in [0.15, 0.2) is 0 Å². The smallest absolute Gasteiger partial charge is 0.220 e. The summed E-state index contributed by atoms with van der Waals surface area (Å²) in [6.07, 6.45) is 3.16. The molecule has 1 aromatic heterocycles. The van der Waals surface area contributed by atoms with E-state index < -0.39 is 0 Å². The molecule has 3 aromatic rings. The predicted molar refractivity (Wildman–Crippen MR) is 117 cm³/mol. The SMILES string of the molecule is CC1CN(c2ccc(CNC(=O)CCc3c[nH]c4ccccc34)cc2F)CC(C)O1. The molecule has 0 saturated carbocycles. The molecule has 0 aliphatic carbocycles. The van der Waals surface area contributed by atoms with Gasteiger partial charge < -0.3 is 19.9 Å². The van der Waals surface area contributed by atoms with Crippen LogP contribution in [0.5, 0.6) is 0 Å². The number of hydrogen-bond donors (Lipinski definition) is 2. The molecule has 1 amide bonds. The number of aryl methyl sites for hydroxylation is 1. The molecule has 1 saturated heterocycles. The lowest BCUT2D eigenvalue weighted by Gasteiger charge is -2.37. The fourth-order valence-electron chi connectivity index (χ4n) is 4.17. The summed E-state index contributed by atoms with van der Waals surface area (Å²) in [6.45, 7) is 5.66. The van der Waals surface area contributed by atoms with Gasteiger partial charge in [-0.15, -0.1) is 0 Å². The van der Waals surface area contributed by atoms with Crippen LogP contribution in [0, 0.1) is 5.82 Å². The number of hydrogen-bond acceptors (Lipinski definition) is 3. The van der Waals surface area contributed by atoms with E-state index in [1.54, 1.807) is 6.07 Å². The molecule has 1 aliphatic rings. The molecule has 2 heterocycles. The van der Waals surface area contributed by atoms with Gasteiger partial charge >= 0.3 is 0 Å². The number of amides is 1. The number of H-pyrrole nitrogens is 1. The number of benzene rings is 2. The summed E-state index contributed by atoms with van der Waals surface area (Å²) in [7, 11) is 0. The standard InChI is InChI=1S/C24H28FN3O2/c1-16-14-28(15-17(2)30-16)23-9-7-18(11-21(23)25)12-27-24(29)10-8-19-13-26-22-6-4-3-5-20(19)22/h3-7,9,11,13,16-17,26H,8,10,12,14-15H2,1-2H3,(H,27,29). The molecule has 6 heteroatoms. The highest BCUT2D eigenvalue weighted by Crippen LogP contribution is 2.24. The number of carbonyl (C=O) groups is 1. The summed E-state index contributed by atoms with van der Waals surface area (Å²) < 4.78 is 20.4. The first kappa shape index (κ1) is 20.4. The zero-order valence-corrected chi connectivity index (χ0v) is 17.5. The number of aromatic amines is 1. The van der Waals surface area contributed by atoms with Gasteiger partial charge in [-0.05, 0) is 49.6 Å². The van der Waals surface area contributed by atoms with Crippen molar-refractivity contribution in [2.24, 2.45) is 0 Å². The summed E-state index contributed by atoms with van der Waals surface area (Å²) in [6, 6.07) is 13.3. The molecule has 0 spiro atoms. The lowest BCUT2D eigenvalue weighted by Crippen LogP contribution is -2.45. The van der Waals surface area contributed by atoms with E-state index in [4.69, 9.17) is 4.74 Å². The number of halogens is 1. The number of carbonyl (C=O) groups excluding carboxylic acids is 1. The van der Waals surface area contributed by atoms with Crippen LogP contribution in [0.4, 0.5) is 10.1 Å². The van der Waals surface area contributed by atoms with Crippen LogP contribution in [0.15, 0.2) is 48.7 Å². The van der Waals surface area contributed by atoms with Gasteiger partial charge in [0.1, 0.15) is 5.82 Å². The van der Waals surface area contributed by atoms with Crippen LogP contribution < -0.4 is 10.2 Å². The number of morpholine rings is 1. The maximum atomic E-state index is 14.7. The summed E-state index contributed by atoms with van der Waals surface area (Å²) >= 11 is 0. The third kappa shape index (κ3) is 4.65. The van der Waals surface area contributed by atoms with Gasteiger partial charge in [-0.2, -0.15) is 0 Å². The Balaban J connectivity index is 1.31. The maximum Gasteiger partial charge on any atom is 0.220 e. The summed E-state index contributed by atoms with van der Waals surface area (Å²) in [5, 5.41) is 4.05. The Morgan fingerprint density at radius 3 is 2.73 bits per heavy atom. The number of para-hydroxylation sites is 1. The van der Waals surface area contributed by atoms with Gasteiger partial charge in [0.05, 0.1) is 17.9 Å². The molecule has 2 unspecified atom stereocenters. The topological polar surface area (TPSA) is 57.4 Å². The second-order valence-electron chi connectivity index (χ2n) is 8.08. The Hall–Kier alpha value is -2.86. The van der Waals surface area contributed by atoms with E-state index in [2.05, 4.69) is 16.4 Å². The van der Waals surface area contributed by atoms with Crippen LogP contribution in [0.25, 0.3) is 10.9 Å². The van der Waals surface area contributed by atoms with Crippen LogP contribution in [-0.4, -0.2) is 36.2 Å². The zero-order chi connectivity index (χ0) is 21.1. The third-order valence-corrected chi connectivity index (χ3v) is 5.56. The first-order valence-electron chi connectivity index (χ1n) is 10.5. The molecule has 2 N–H and O–H groups in total. The van der Waals surface area contributed by atoms with Gasteiger partial charge in [-0.25, -0.2) is 4.39 Å². The fraction of sp³-hybridized carbons (Fsp3) is 0.375. The van der Waals surface area contributed by atoms with E-state index in [0.29, 0.717) is 38.2 Å². The van der Waals surface area contributed by atoms with Crippen molar-refractivity contribution in [2.75, 3.05) is 18.0 Å². The highest BCUT2D eigenvalue weighted by molar-refractivity contribution is 5.84. The quantitative estimate of drug-likeness (QED) is 0.643. The van der Waals surface area contributed by atoms with Crippen molar-refractivity contribution >= 4 is 22.5 Å². The lowest BCUT2D eigenvalue weighted by molar-refractivity contribution is -0.121. The Morgan fingerprint density at radius 2 is 1.97 bits per heavy atom. The minimum absolute atomic E-state index is 0.0411. The van der Waals surface area contributed by atoms with E-state index in [1.165, 1.54) is 6.07 Å². The molecule has 0 radical (unpaired) electrons. The lowest BCUT2D eigenvalue weighted by atomic mass is 10.1. The molecule has 1 fully saturated rings. The van der Waals surface area contributed by atoms with E-state index in [-0.39, 0.29) is 23.9 Å². The van der Waals surface area contributed by atoms with Crippen LogP contribution in [0.3, 0.4) is 0 Å². The van der Waals surface area contributed by atoms with Crippen molar-refractivity contribution < 1.29 is 13.9 Å². The maximum absolute atomic E-state index is 14.7. The highest BCUT2D eigenvalue weighted by atomic mass is 19.1. The Bertz CT molecular complexity index is 1020. The molecular formula is C24H28FN3O2. The second-order valence-corrected chi connectivity index (χ2v) is 8.08. The molecule has 4 rings (SSSR count). The zero-order valence-electron chi connectivity index (χ0n) is 17.5. The monoisotopic (exact) mass is 409 g/mol. The van der Waals surface area contributed by atoms with Gasteiger partial charge in [-0.3, -0.25) is 4.79 Å². The minimum atomic E-state index is -0.262. The normalized spacial score (nSPS) is 19.2. The molecule has 2 aromatic carbocycles. The first-order valence-corrected chi connectivity index (χ1v) is 10.5. The van der Waals surface area contributed by atoms with Crippen molar-refractivity contribution in [3.05, 3.63) is 65.6 Å². The highest BCUT2D eigenvalue weighted by Gasteiger charge is 2.24. The number of fused-ring (bicyclic) bond motifs is 1. The van der Waals surface area contributed by atoms with E-state index >= 15 is 0 Å². The molecule has 1 aliphatic heterocycles. The Labute approximate surface area is 176 Å². The number of rotatable bonds is 6. The van der Waals surface area contributed by atoms with Crippen molar-refractivity contribution in [3.63, 3.8) is 0 Å². The third-order valence-electron chi connectivity index (χ3n) is 5.56. The number of anilines is 1. The van der Waals surface area contributed by atoms with E-state index in [9.17, 15) is 9.18 Å². The van der Waals surface area contributed by atoms with Gasteiger partial charge in [0.25, 0.3) is 0 Å². The molecule has 2 atom stereocenters. The molecule has 0 bridgehead atoms. The van der Waals surface area contributed by atoms with Crippen LogP contribution in [0.1, 0.15) is 31.4 Å². The largest absolute Gasteiger partial charge is 0.372 e. The summed E-state index contributed by atoms with van der Waals surface area (Å²) in [5.41, 5.74) is 3.55. The van der Waals surface area contributed by atoms with Gasteiger partial charge in [-0.1, -0.05) is 24.3 Å². The molecular weight excluding hydrogens is 381 g/mol. The van der Waals surface area contributed by atoms with Gasteiger partial charge in [0.2, 0.25) is 5.91 Å². The minimum Gasteiger partial charge on any atom is -0.372 e.